The Balaban J connectivity index is 2.08. The molecule has 1 aliphatic rings. The molecule has 1 N–H and O–H groups in total. The molecule has 6 heteroatoms. The molecule has 0 aliphatic carbocycles. The Hall–Kier alpha value is -1.59. The van der Waals surface area contributed by atoms with E-state index >= 15 is 0 Å². The fraction of sp³-hybridized carbons (Fsp3) is 0.467. The highest BCUT2D eigenvalue weighted by molar-refractivity contribution is 6.34. The summed E-state index contributed by atoms with van der Waals surface area (Å²) in [4.78, 5) is 27.8. The van der Waals surface area contributed by atoms with Crippen molar-refractivity contribution < 1.29 is 9.59 Å². The van der Waals surface area contributed by atoms with E-state index in [1.807, 2.05) is 18.2 Å². The van der Waals surface area contributed by atoms with Gasteiger partial charge in [-0.25, -0.2) is 0 Å². The quantitative estimate of drug-likeness (QED) is 0.897. The average Bonchev–Trinajstić information content (AvgIpc) is 2.86. The zero-order valence-electron chi connectivity index (χ0n) is 12.3. The lowest BCUT2D eigenvalue weighted by Gasteiger charge is -2.24. The molecule has 2 rings (SSSR count). The molecule has 1 aromatic rings. The zero-order chi connectivity index (χ0) is 15.4. The van der Waals surface area contributed by atoms with Gasteiger partial charge in [-0.05, 0) is 25.6 Å². The summed E-state index contributed by atoms with van der Waals surface area (Å²) >= 11 is 6.15. The highest BCUT2D eigenvalue weighted by atomic mass is 35.5. The van der Waals surface area contributed by atoms with Crippen LogP contribution in [0.15, 0.2) is 24.3 Å². The topological polar surface area (TPSA) is 52.7 Å². The highest BCUT2D eigenvalue weighted by Gasteiger charge is 2.37. The first-order valence-corrected chi connectivity index (χ1v) is 7.40. The number of rotatable bonds is 5. The third-order valence-corrected chi connectivity index (χ3v) is 4.09. The maximum Gasteiger partial charge on any atom is 0.249 e. The van der Waals surface area contributed by atoms with Gasteiger partial charge in [-0.3, -0.25) is 9.59 Å². The van der Waals surface area contributed by atoms with E-state index < -0.39 is 6.04 Å². The summed E-state index contributed by atoms with van der Waals surface area (Å²) < 4.78 is 0. The first-order chi connectivity index (χ1) is 10.1. The molecular weight excluding hydrogens is 290 g/mol. The lowest BCUT2D eigenvalue weighted by Crippen LogP contribution is -2.43. The number of halogens is 1. The molecule has 1 heterocycles. The van der Waals surface area contributed by atoms with Crippen LogP contribution < -0.4 is 10.2 Å². The van der Waals surface area contributed by atoms with Crippen molar-refractivity contribution in [2.45, 2.75) is 18.9 Å². The zero-order valence-corrected chi connectivity index (χ0v) is 13.1. The number of nitrogens with zero attached hydrogens (tertiary/aromatic N) is 2. The van der Waals surface area contributed by atoms with Crippen molar-refractivity contribution >= 4 is 29.1 Å². The molecule has 1 aromatic carbocycles. The van der Waals surface area contributed by atoms with Crippen LogP contribution >= 0.6 is 11.6 Å². The first-order valence-electron chi connectivity index (χ1n) is 7.02. The fourth-order valence-electron chi connectivity index (χ4n) is 2.52. The summed E-state index contributed by atoms with van der Waals surface area (Å²) in [6.45, 7) is 1.19. The van der Waals surface area contributed by atoms with Crippen molar-refractivity contribution in [1.29, 1.82) is 0 Å². The number of benzene rings is 1. The van der Waals surface area contributed by atoms with Crippen LogP contribution in [0.25, 0.3) is 0 Å². The van der Waals surface area contributed by atoms with Crippen LogP contribution in [0.1, 0.15) is 12.8 Å². The maximum atomic E-state index is 12.5. The van der Waals surface area contributed by atoms with Crippen molar-refractivity contribution in [3.8, 4) is 0 Å². The normalized spacial score (nSPS) is 18.1. The van der Waals surface area contributed by atoms with Gasteiger partial charge in [-0.2, -0.15) is 0 Å². The van der Waals surface area contributed by atoms with Crippen molar-refractivity contribution in [3.63, 3.8) is 0 Å². The van der Waals surface area contributed by atoms with E-state index in [9.17, 15) is 9.59 Å². The van der Waals surface area contributed by atoms with E-state index in [-0.39, 0.29) is 11.8 Å². The van der Waals surface area contributed by atoms with E-state index in [1.165, 1.54) is 0 Å². The predicted molar refractivity (Wildman–Crippen MR) is 83.5 cm³/mol. The molecule has 2 amide bonds. The molecular formula is C15H20ClN3O2. The number of para-hydroxylation sites is 1. The van der Waals surface area contributed by atoms with Crippen LogP contribution in [-0.2, 0) is 9.59 Å². The molecule has 1 aliphatic heterocycles. The summed E-state index contributed by atoms with van der Waals surface area (Å²) in [5, 5.41) is 3.49. The van der Waals surface area contributed by atoms with Gasteiger partial charge in [-0.15, -0.1) is 0 Å². The van der Waals surface area contributed by atoms with Gasteiger partial charge in [0, 0.05) is 26.6 Å². The van der Waals surface area contributed by atoms with Crippen LogP contribution in [0.2, 0.25) is 5.02 Å². The molecule has 0 radical (unpaired) electrons. The van der Waals surface area contributed by atoms with Crippen molar-refractivity contribution in [3.05, 3.63) is 29.3 Å². The van der Waals surface area contributed by atoms with E-state index in [0.717, 1.165) is 0 Å². The summed E-state index contributed by atoms with van der Waals surface area (Å²) in [6, 6.07) is 6.87. The molecule has 1 saturated heterocycles. The molecule has 114 valence electrons. The Morgan fingerprint density at radius 1 is 1.48 bits per heavy atom. The molecule has 0 bridgehead atoms. The molecule has 5 nitrogen and oxygen atoms in total. The summed E-state index contributed by atoms with van der Waals surface area (Å²) in [6.07, 6.45) is 1.02. The van der Waals surface area contributed by atoms with Crippen LogP contribution in [-0.4, -0.2) is 49.9 Å². The van der Waals surface area contributed by atoms with Gasteiger partial charge in [0.25, 0.3) is 0 Å². The largest absolute Gasteiger partial charge is 0.334 e. The summed E-state index contributed by atoms with van der Waals surface area (Å²) in [5.74, 6) is -0.0906. The van der Waals surface area contributed by atoms with Crippen LogP contribution in [0.4, 0.5) is 5.69 Å². The van der Waals surface area contributed by atoms with Gasteiger partial charge in [-0.1, -0.05) is 23.7 Å². The third-order valence-electron chi connectivity index (χ3n) is 3.77. The molecule has 1 fully saturated rings. The van der Waals surface area contributed by atoms with Gasteiger partial charge in [0.15, 0.2) is 0 Å². The Morgan fingerprint density at radius 3 is 2.86 bits per heavy atom. The van der Waals surface area contributed by atoms with Gasteiger partial charge < -0.3 is 15.1 Å². The standard InChI is InChI=1S/C15H20ClN3O2/c1-17-9-7-14(20)18(2)13-8-10-19(15(13)21)12-6-4-3-5-11(12)16/h3-6,13,17H,7-10H2,1-2H3. The van der Waals surface area contributed by atoms with E-state index in [4.69, 9.17) is 11.6 Å². The van der Waals surface area contributed by atoms with Gasteiger partial charge in [0.05, 0.1) is 10.7 Å². The Morgan fingerprint density at radius 2 is 2.19 bits per heavy atom. The number of carbonyl (C=O) groups is 2. The van der Waals surface area contributed by atoms with Crippen molar-refractivity contribution in [1.82, 2.24) is 10.2 Å². The highest BCUT2D eigenvalue weighted by Crippen LogP contribution is 2.30. The predicted octanol–water partition coefficient (Wildman–Crippen LogP) is 1.51. The minimum atomic E-state index is -0.398. The minimum absolute atomic E-state index is 0.0243. The number of hydrogen-bond acceptors (Lipinski definition) is 3. The smallest absolute Gasteiger partial charge is 0.249 e. The van der Waals surface area contributed by atoms with Crippen molar-refractivity contribution in [2.75, 3.05) is 32.1 Å². The maximum absolute atomic E-state index is 12.5. The average molecular weight is 310 g/mol. The van der Waals surface area contributed by atoms with Crippen LogP contribution in [0, 0.1) is 0 Å². The van der Waals surface area contributed by atoms with Gasteiger partial charge in [0.2, 0.25) is 11.8 Å². The van der Waals surface area contributed by atoms with Gasteiger partial charge in [0.1, 0.15) is 6.04 Å². The van der Waals surface area contributed by atoms with Crippen molar-refractivity contribution in [2.24, 2.45) is 0 Å². The summed E-state index contributed by atoms with van der Waals surface area (Å²) in [7, 11) is 3.49. The Kier molecular flexibility index (Phi) is 5.20. The second-order valence-corrected chi connectivity index (χ2v) is 5.51. The third kappa shape index (κ3) is 3.36. The number of hydrogen-bond donors (Lipinski definition) is 1. The number of anilines is 1. The lowest BCUT2D eigenvalue weighted by atomic mass is 10.2. The second kappa shape index (κ2) is 6.91. The first kappa shape index (κ1) is 15.8. The molecule has 0 spiro atoms. The number of amides is 2. The van der Waals surface area contributed by atoms with Gasteiger partial charge >= 0.3 is 0 Å². The van der Waals surface area contributed by atoms with E-state index in [2.05, 4.69) is 5.32 Å². The molecule has 0 aromatic heterocycles. The van der Waals surface area contributed by atoms with E-state index in [0.29, 0.717) is 36.6 Å². The molecule has 0 saturated carbocycles. The minimum Gasteiger partial charge on any atom is -0.334 e. The van der Waals surface area contributed by atoms with E-state index in [1.54, 1.807) is 30.0 Å². The number of nitrogens with one attached hydrogen (secondary N) is 1. The SMILES string of the molecule is CNCCC(=O)N(C)C1CCN(c2ccccc2Cl)C1=O. The summed E-state index contributed by atoms with van der Waals surface area (Å²) in [5.41, 5.74) is 0.711. The molecule has 21 heavy (non-hydrogen) atoms. The second-order valence-electron chi connectivity index (χ2n) is 5.10. The van der Waals surface area contributed by atoms with Crippen LogP contribution in [0.3, 0.4) is 0 Å². The Labute approximate surface area is 129 Å². The van der Waals surface area contributed by atoms with Crippen LogP contribution in [0.5, 0.6) is 0 Å². The Bertz CT molecular complexity index is 535. The number of carbonyl (C=O) groups excluding carboxylic acids is 2. The molecule has 1 atom stereocenters. The monoisotopic (exact) mass is 309 g/mol. The number of likely N-dealkylation sites (N-methyl/N-ethyl adjacent to an activating group) is 1. The molecule has 1 unspecified atom stereocenters. The lowest BCUT2D eigenvalue weighted by molar-refractivity contribution is -0.136. The fourth-order valence-corrected chi connectivity index (χ4v) is 2.75.